The molecule has 0 fully saturated rings. The fourth-order valence-electron chi connectivity index (χ4n) is 4.27. The van der Waals surface area contributed by atoms with Crippen LogP contribution in [-0.2, 0) is 0 Å². The lowest BCUT2D eigenvalue weighted by Gasteiger charge is -2.13. The molecule has 0 aliphatic carbocycles. The number of likely N-dealkylation sites (N-methyl/N-ethyl adjacent to an activating group) is 1. The van der Waals surface area contributed by atoms with Crippen LogP contribution >= 0.6 is 0 Å². The number of aromatic amines is 2. The Morgan fingerprint density at radius 2 is 1.92 bits per heavy atom. The molecule has 0 amide bonds. The van der Waals surface area contributed by atoms with E-state index in [9.17, 15) is 4.39 Å². The minimum absolute atomic E-state index is 0.319. The summed E-state index contributed by atoms with van der Waals surface area (Å²) in [7, 11) is 4.00. The normalized spacial score (nSPS) is 11.6. The Morgan fingerprint density at radius 3 is 2.76 bits per heavy atom. The molecule has 5 aromatic heterocycles. The monoisotopic (exact) mass is 493 g/mol. The van der Waals surface area contributed by atoms with Gasteiger partial charge in [-0.05, 0) is 68.2 Å². The van der Waals surface area contributed by atoms with Gasteiger partial charge in [-0.2, -0.15) is 5.10 Å². The molecule has 6 aromatic rings. The van der Waals surface area contributed by atoms with E-state index < -0.39 is 0 Å². The van der Waals surface area contributed by atoms with E-state index in [2.05, 4.69) is 35.4 Å². The smallest absolute Gasteiger partial charge is 0.178 e. The number of imidazole rings is 1. The Morgan fingerprint density at radius 1 is 1.00 bits per heavy atom. The largest absolute Gasteiger partial charge is 0.384 e. The fourth-order valence-corrected chi connectivity index (χ4v) is 4.27. The van der Waals surface area contributed by atoms with Crippen LogP contribution in [0, 0.1) is 5.82 Å². The van der Waals surface area contributed by atoms with Gasteiger partial charge >= 0.3 is 0 Å². The molecule has 5 heterocycles. The Labute approximate surface area is 211 Å². The summed E-state index contributed by atoms with van der Waals surface area (Å²) >= 11 is 0. The van der Waals surface area contributed by atoms with Gasteiger partial charge in [-0.25, -0.2) is 19.3 Å². The maximum Gasteiger partial charge on any atom is 0.178 e. The van der Waals surface area contributed by atoms with E-state index in [1.807, 2.05) is 50.5 Å². The predicted molar refractivity (Wildman–Crippen MR) is 142 cm³/mol. The topological polar surface area (TPSA) is 111 Å². The molecule has 9 nitrogen and oxygen atoms in total. The number of anilines is 1. The number of nitrogens with one attached hydrogen (secondary N) is 3. The number of pyridine rings is 3. The summed E-state index contributed by atoms with van der Waals surface area (Å²) in [5, 5.41) is 10.8. The van der Waals surface area contributed by atoms with Crippen LogP contribution in [0.15, 0.2) is 67.1 Å². The van der Waals surface area contributed by atoms with Crippen LogP contribution < -0.4 is 5.32 Å². The van der Waals surface area contributed by atoms with Gasteiger partial charge in [-0.3, -0.25) is 10.1 Å². The molecule has 0 saturated carbocycles. The maximum atomic E-state index is 14.6. The SMILES string of the molecule is CN(C)CCNc1cc(F)cc(-c2ccnc3nc(-c4n[nH]c5ccc(-c6cccnc6)nc45)[nH]c23)c1. The minimum atomic E-state index is -0.319. The van der Waals surface area contributed by atoms with Crippen LogP contribution in [0.3, 0.4) is 0 Å². The van der Waals surface area contributed by atoms with Gasteiger partial charge in [-0.15, -0.1) is 0 Å². The first-order chi connectivity index (χ1) is 18.0. The first kappa shape index (κ1) is 22.7. The van der Waals surface area contributed by atoms with Gasteiger partial charge in [0.05, 0.1) is 16.7 Å². The second-order valence-electron chi connectivity index (χ2n) is 9.01. The van der Waals surface area contributed by atoms with Gasteiger partial charge in [0.15, 0.2) is 17.2 Å². The molecule has 0 atom stereocenters. The highest BCUT2D eigenvalue weighted by Gasteiger charge is 2.18. The van der Waals surface area contributed by atoms with Crippen LogP contribution in [0.25, 0.3) is 56.1 Å². The van der Waals surface area contributed by atoms with Crippen molar-refractivity contribution in [1.29, 1.82) is 0 Å². The highest BCUT2D eigenvalue weighted by molar-refractivity contribution is 5.95. The van der Waals surface area contributed by atoms with E-state index in [0.29, 0.717) is 40.4 Å². The molecular formula is C27H24FN9. The summed E-state index contributed by atoms with van der Waals surface area (Å²) in [4.78, 5) is 23.6. The summed E-state index contributed by atoms with van der Waals surface area (Å²) in [6.07, 6.45) is 5.17. The molecular weight excluding hydrogens is 469 g/mol. The van der Waals surface area contributed by atoms with Crippen molar-refractivity contribution in [2.75, 3.05) is 32.5 Å². The van der Waals surface area contributed by atoms with E-state index in [-0.39, 0.29) is 5.82 Å². The number of halogens is 1. The van der Waals surface area contributed by atoms with E-state index >= 15 is 0 Å². The molecule has 3 N–H and O–H groups in total. The molecule has 10 heteroatoms. The molecule has 37 heavy (non-hydrogen) atoms. The average molecular weight is 494 g/mol. The van der Waals surface area contributed by atoms with Crippen molar-refractivity contribution in [1.82, 2.24) is 40.0 Å². The number of fused-ring (bicyclic) bond motifs is 2. The number of rotatable bonds is 7. The summed E-state index contributed by atoms with van der Waals surface area (Å²) in [5.74, 6) is 0.206. The van der Waals surface area contributed by atoms with Crippen molar-refractivity contribution >= 4 is 27.9 Å². The minimum Gasteiger partial charge on any atom is -0.384 e. The summed E-state index contributed by atoms with van der Waals surface area (Å²) in [6, 6.07) is 14.5. The van der Waals surface area contributed by atoms with Crippen molar-refractivity contribution in [3.63, 3.8) is 0 Å². The Balaban J connectivity index is 1.41. The van der Waals surface area contributed by atoms with Gasteiger partial charge in [0.1, 0.15) is 11.3 Å². The molecule has 6 rings (SSSR count). The molecule has 0 aliphatic heterocycles. The van der Waals surface area contributed by atoms with Gasteiger partial charge in [0, 0.05) is 48.5 Å². The molecule has 184 valence electrons. The molecule has 0 unspecified atom stereocenters. The van der Waals surface area contributed by atoms with Crippen molar-refractivity contribution in [2.24, 2.45) is 0 Å². The summed E-state index contributed by atoms with van der Waals surface area (Å²) in [6.45, 7) is 1.54. The van der Waals surface area contributed by atoms with Gasteiger partial charge in [0.2, 0.25) is 0 Å². The highest BCUT2D eigenvalue weighted by atomic mass is 19.1. The van der Waals surface area contributed by atoms with E-state index in [1.165, 1.54) is 12.1 Å². The maximum absolute atomic E-state index is 14.6. The zero-order valence-electron chi connectivity index (χ0n) is 20.3. The van der Waals surface area contributed by atoms with E-state index in [1.54, 1.807) is 18.6 Å². The predicted octanol–water partition coefficient (Wildman–Crippen LogP) is 4.74. The second-order valence-corrected chi connectivity index (χ2v) is 9.01. The molecule has 1 aromatic carbocycles. The molecule has 0 bridgehead atoms. The van der Waals surface area contributed by atoms with E-state index in [0.717, 1.165) is 34.4 Å². The highest BCUT2D eigenvalue weighted by Crippen LogP contribution is 2.32. The molecule has 0 spiro atoms. The quantitative estimate of drug-likeness (QED) is 0.295. The Hall–Kier alpha value is -4.70. The first-order valence-electron chi connectivity index (χ1n) is 11.9. The van der Waals surface area contributed by atoms with Crippen LogP contribution in [-0.4, -0.2) is 67.2 Å². The molecule has 0 saturated heterocycles. The van der Waals surface area contributed by atoms with Crippen molar-refractivity contribution in [3.05, 3.63) is 72.9 Å². The number of hydrogen-bond donors (Lipinski definition) is 3. The molecule has 0 aliphatic rings. The van der Waals surface area contributed by atoms with Crippen molar-refractivity contribution in [2.45, 2.75) is 0 Å². The lowest BCUT2D eigenvalue weighted by atomic mass is 10.0. The average Bonchev–Trinajstić information content (AvgIpc) is 3.52. The van der Waals surface area contributed by atoms with Gasteiger partial charge < -0.3 is 15.2 Å². The van der Waals surface area contributed by atoms with Gasteiger partial charge in [-0.1, -0.05) is 0 Å². The zero-order chi connectivity index (χ0) is 25.4. The van der Waals surface area contributed by atoms with Crippen molar-refractivity contribution < 1.29 is 4.39 Å². The first-order valence-corrected chi connectivity index (χ1v) is 11.9. The zero-order valence-corrected chi connectivity index (χ0v) is 20.3. The van der Waals surface area contributed by atoms with Crippen LogP contribution in [0.5, 0.6) is 0 Å². The number of H-pyrrole nitrogens is 2. The Bertz CT molecular complexity index is 1710. The number of nitrogens with zero attached hydrogens (tertiary/aromatic N) is 6. The number of benzene rings is 1. The lowest BCUT2D eigenvalue weighted by molar-refractivity contribution is 0.425. The van der Waals surface area contributed by atoms with Crippen LogP contribution in [0.2, 0.25) is 0 Å². The van der Waals surface area contributed by atoms with Gasteiger partial charge in [0.25, 0.3) is 0 Å². The van der Waals surface area contributed by atoms with E-state index in [4.69, 9.17) is 9.97 Å². The standard InChI is InChI=1S/C27H24FN9/c1-37(2)11-10-30-19-13-17(12-18(28)14-19)20-7-9-31-26-23(20)33-27(34-26)25-24-22(35-36-25)6-5-21(32-24)16-4-3-8-29-15-16/h3-9,12-15,30H,10-11H2,1-2H3,(H,35,36)(H,31,33,34). The number of aromatic nitrogens is 7. The second kappa shape index (κ2) is 9.40. The summed E-state index contributed by atoms with van der Waals surface area (Å²) in [5.41, 5.74) is 7.18. The molecule has 0 radical (unpaired) electrons. The third kappa shape index (κ3) is 4.50. The number of hydrogen-bond acceptors (Lipinski definition) is 7. The Kier molecular flexibility index (Phi) is 5.78. The van der Waals surface area contributed by atoms with Crippen LogP contribution in [0.4, 0.5) is 10.1 Å². The fraction of sp³-hybridized carbons (Fsp3) is 0.148. The third-order valence-corrected chi connectivity index (χ3v) is 6.08. The lowest BCUT2D eigenvalue weighted by Crippen LogP contribution is -2.20. The summed E-state index contributed by atoms with van der Waals surface area (Å²) < 4.78 is 14.6. The third-order valence-electron chi connectivity index (χ3n) is 6.08. The van der Waals surface area contributed by atoms with Crippen molar-refractivity contribution in [3.8, 4) is 33.9 Å². The van der Waals surface area contributed by atoms with Crippen LogP contribution in [0.1, 0.15) is 0 Å².